The number of rotatable bonds is 5. The third-order valence-electron chi connectivity index (χ3n) is 3.43. The van der Waals surface area contributed by atoms with Crippen molar-refractivity contribution in [3.05, 3.63) is 21.4 Å². The molecule has 0 aromatic carbocycles. The molecule has 1 unspecified atom stereocenters. The number of thiophene rings is 1. The maximum Gasteiger partial charge on any atom is 0.246 e. The van der Waals surface area contributed by atoms with Crippen LogP contribution in [0, 0.1) is 13.8 Å². The van der Waals surface area contributed by atoms with E-state index in [1.54, 1.807) is 11.3 Å². The number of hydrogen-bond donors (Lipinski definition) is 1. The Balaban J connectivity index is 1.93. The van der Waals surface area contributed by atoms with Crippen molar-refractivity contribution < 1.29 is 9.59 Å². The fourth-order valence-electron chi connectivity index (χ4n) is 2.26. The largest absolute Gasteiger partial charge is 0.300 e. The van der Waals surface area contributed by atoms with Crippen LogP contribution >= 0.6 is 11.3 Å². The summed E-state index contributed by atoms with van der Waals surface area (Å²) in [6.07, 6.45) is 1.11. The Bertz CT molecular complexity index is 476. The van der Waals surface area contributed by atoms with Crippen LogP contribution in [0.4, 0.5) is 0 Å². The molecule has 1 saturated heterocycles. The van der Waals surface area contributed by atoms with Gasteiger partial charge in [0, 0.05) is 22.8 Å². The number of carbonyl (C=O) groups excluding carboxylic acids is 2. The smallest absolute Gasteiger partial charge is 0.246 e. The fraction of sp³-hybridized carbons (Fsp3) is 0.571. The Kier molecular flexibility index (Phi) is 4.37. The van der Waals surface area contributed by atoms with E-state index in [9.17, 15) is 9.59 Å². The van der Waals surface area contributed by atoms with E-state index in [0.29, 0.717) is 19.5 Å². The molecule has 4 nitrogen and oxygen atoms in total. The molecule has 0 spiro atoms. The van der Waals surface area contributed by atoms with Crippen molar-refractivity contribution in [1.29, 1.82) is 0 Å². The molecule has 0 saturated carbocycles. The van der Waals surface area contributed by atoms with Crippen molar-refractivity contribution >= 4 is 23.2 Å². The van der Waals surface area contributed by atoms with Crippen molar-refractivity contribution in [2.24, 2.45) is 0 Å². The normalized spacial score (nSPS) is 19.5. The standard InChI is InChI=1S/C14H20N2O2S/c1-4-5-16-13(17)7-12(14(16)18)15-8-11-6-9(2)10(3)19-11/h6,12,15H,4-5,7-8H2,1-3H3. The zero-order chi connectivity index (χ0) is 14.0. The van der Waals surface area contributed by atoms with Crippen LogP contribution in [0.5, 0.6) is 0 Å². The van der Waals surface area contributed by atoms with E-state index in [4.69, 9.17) is 0 Å². The predicted molar refractivity (Wildman–Crippen MR) is 76.0 cm³/mol. The van der Waals surface area contributed by atoms with Gasteiger partial charge >= 0.3 is 0 Å². The van der Waals surface area contributed by atoms with Crippen molar-refractivity contribution in [3.8, 4) is 0 Å². The molecule has 104 valence electrons. The van der Waals surface area contributed by atoms with Crippen molar-refractivity contribution in [2.45, 2.75) is 46.2 Å². The van der Waals surface area contributed by atoms with E-state index in [0.717, 1.165) is 6.42 Å². The lowest BCUT2D eigenvalue weighted by Crippen LogP contribution is -2.38. The van der Waals surface area contributed by atoms with E-state index in [1.807, 2.05) is 6.92 Å². The fourth-order valence-corrected chi connectivity index (χ4v) is 3.27. The Labute approximate surface area is 117 Å². The van der Waals surface area contributed by atoms with Crippen LogP contribution in [0.15, 0.2) is 6.07 Å². The molecule has 2 amide bonds. The van der Waals surface area contributed by atoms with Gasteiger partial charge in [0.2, 0.25) is 11.8 Å². The minimum Gasteiger partial charge on any atom is -0.300 e. The molecule has 1 aromatic heterocycles. The minimum absolute atomic E-state index is 0.0529. The highest BCUT2D eigenvalue weighted by Gasteiger charge is 2.37. The van der Waals surface area contributed by atoms with Crippen molar-refractivity contribution in [3.63, 3.8) is 0 Å². The maximum atomic E-state index is 12.0. The van der Waals surface area contributed by atoms with Gasteiger partial charge in [0.05, 0.1) is 12.5 Å². The van der Waals surface area contributed by atoms with Gasteiger partial charge in [-0.2, -0.15) is 0 Å². The van der Waals surface area contributed by atoms with Gasteiger partial charge in [0.15, 0.2) is 0 Å². The second-order valence-corrected chi connectivity index (χ2v) is 6.31. The van der Waals surface area contributed by atoms with Crippen LogP contribution in [0.3, 0.4) is 0 Å². The lowest BCUT2D eigenvalue weighted by atomic mass is 10.2. The molecule has 1 fully saturated rings. The van der Waals surface area contributed by atoms with E-state index in [2.05, 4.69) is 25.2 Å². The van der Waals surface area contributed by atoms with E-state index in [1.165, 1.54) is 20.2 Å². The zero-order valence-electron chi connectivity index (χ0n) is 11.7. The predicted octanol–water partition coefficient (Wildman–Crippen LogP) is 1.99. The number of hydrogen-bond acceptors (Lipinski definition) is 4. The van der Waals surface area contributed by atoms with Crippen LogP contribution in [-0.2, 0) is 16.1 Å². The highest BCUT2D eigenvalue weighted by atomic mass is 32.1. The first-order valence-electron chi connectivity index (χ1n) is 6.66. The number of carbonyl (C=O) groups is 2. The summed E-state index contributed by atoms with van der Waals surface area (Å²) in [5.41, 5.74) is 1.28. The van der Waals surface area contributed by atoms with E-state index in [-0.39, 0.29) is 17.9 Å². The average Bonchev–Trinajstić information content (AvgIpc) is 2.82. The molecule has 0 aliphatic carbocycles. The first-order chi connectivity index (χ1) is 9.02. The number of aryl methyl sites for hydroxylation is 2. The van der Waals surface area contributed by atoms with E-state index >= 15 is 0 Å². The Morgan fingerprint density at radius 1 is 1.42 bits per heavy atom. The number of likely N-dealkylation sites (tertiary alicyclic amines) is 1. The summed E-state index contributed by atoms with van der Waals surface area (Å²) in [6, 6.07) is 1.79. The van der Waals surface area contributed by atoms with Crippen LogP contribution in [0.25, 0.3) is 0 Å². The second kappa shape index (κ2) is 5.84. The highest BCUT2D eigenvalue weighted by Crippen LogP contribution is 2.21. The van der Waals surface area contributed by atoms with Gasteiger partial charge in [-0.3, -0.25) is 14.5 Å². The number of amides is 2. The quantitative estimate of drug-likeness (QED) is 0.839. The molecule has 1 aliphatic rings. The van der Waals surface area contributed by atoms with Gasteiger partial charge in [-0.25, -0.2) is 0 Å². The molecule has 1 aliphatic heterocycles. The molecular formula is C14H20N2O2S. The first-order valence-corrected chi connectivity index (χ1v) is 7.48. The van der Waals surface area contributed by atoms with Crippen LogP contribution in [0.1, 0.15) is 35.1 Å². The number of nitrogens with one attached hydrogen (secondary N) is 1. The average molecular weight is 280 g/mol. The summed E-state index contributed by atoms with van der Waals surface area (Å²) in [7, 11) is 0. The molecule has 1 N–H and O–H groups in total. The molecular weight excluding hydrogens is 260 g/mol. The highest BCUT2D eigenvalue weighted by molar-refractivity contribution is 7.12. The number of imide groups is 1. The molecule has 19 heavy (non-hydrogen) atoms. The van der Waals surface area contributed by atoms with Gasteiger partial charge in [0.25, 0.3) is 0 Å². The zero-order valence-corrected chi connectivity index (χ0v) is 12.5. The van der Waals surface area contributed by atoms with Gasteiger partial charge in [-0.1, -0.05) is 6.92 Å². The van der Waals surface area contributed by atoms with Gasteiger partial charge in [-0.15, -0.1) is 11.3 Å². The van der Waals surface area contributed by atoms with Crippen molar-refractivity contribution in [2.75, 3.05) is 6.54 Å². The van der Waals surface area contributed by atoms with Crippen LogP contribution < -0.4 is 5.32 Å². The topological polar surface area (TPSA) is 49.4 Å². The molecule has 2 heterocycles. The molecule has 0 radical (unpaired) electrons. The Hall–Kier alpha value is -1.20. The molecule has 1 atom stereocenters. The summed E-state index contributed by atoms with van der Waals surface area (Å²) in [5, 5.41) is 3.21. The summed E-state index contributed by atoms with van der Waals surface area (Å²) in [5.74, 6) is -0.125. The lowest BCUT2D eigenvalue weighted by molar-refractivity contribution is -0.138. The summed E-state index contributed by atoms with van der Waals surface area (Å²) in [6.45, 7) is 7.34. The third kappa shape index (κ3) is 3.04. The lowest BCUT2D eigenvalue weighted by Gasteiger charge is -2.13. The van der Waals surface area contributed by atoms with Gasteiger partial charge in [-0.05, 0) is 31.9 Å². The first kappa shape index (κ1) is 14.2. The SMILES string of the molecule is CCCN1C(=O)CC(NCc2cc(C)c(C)s2)C1=O. The monoisotopic (exact) mass is 280 g/mol. The summed E-state index contributed by atoms with van der Waals surface area (Å²) >= 11 is 1.74. The minimum atomic E-state index is -0.346. The Morgan fingerprint density at radius 2 is 2.16 bits per heavy atom. The molecule has 1 aromatic rings. The van der Waals surface area contributed by atoms with Gasteiger partial charge in [0.1, 0.15) is 0 Å². The second-order valence-electron chi connectivity index (χ2n) is 4.97. The third-order valence-corrected chi connectivity index (χ3v) is 4.58. The summed E-state index contributed by atoms with van der Waals surface area (Å²) in [4.78, 5) is 27.7. The van der Waals surface area contributed by atoms with E-state index < -0.39 is 0 Å². The summed E-state index contributed by atoms with van der Waals surface area (Å²) < 4.78 is 0. The van der Waals surface area contributed by atoms with Crippen molar-refractivity contribution in [1.82, 2.24) is 10.2 Å². The molecule has 0 bridgehead atoms. The van der Waals surface area contributed by atoms with Crippen LogP contribution in [0.2, 0.25) is 0 Å². The van der Waals surface area contributed by atoms with Gasteiger partial charge < -0.3 is 5.32 Å². The maximum absolute atomic E-state index is 12.0. The number of nitrogens with zero attached hydrogens (tertiary/aromatic N) is 1. The molecule has 2 rings (SSSR count). The Morgan fingerprint density at radius 3 is 2.74 bits per heavy atom. The van der Waals surface area contributed by atoms with Crippen LogP contribution in [-0.4, -0.2) is 29.3 Å². The molecule has 5 heteroatoms.